The number of carbonyl (C=O) groups is 3. The van der Waals surface area contributed by atoms with Crippen LogP contribution in [0.2, 0.25) is 0 Å². The van der Waals surface area contributed by atoms with Crippen molar-refractivity contribution in [3.05, 3.63) is 11.1 Å². The Hall–Kier alpha value is -1.25. The van der Waals surface area contributed by atoms with E-state index in [-0.39, 0.29) is 5.92 Å². The van der Waals surface area contributed by atoms with E-state index in [9.17, 15) is 14.4 Å². The lowest BCUT2D eigenvalue weighted by molar-refractivity contribution is -0.112. The van der Waals surface area contributed by atoms with Gasteiger partial charge in [-0.3, -0.25) is 9.59 Å². The molecule has 1 aliphatic carbocycles. The van der Waals surface area contributed by atoms with Crippen LogP contribution in [0.3, 0.4) is 0 Å². The fourth-order valence-electron chi connectivity index (χ4n) is 2.53. The van der Waals surface area contributed by atoms with Crippen molar-refractivity contribution in [3.8, 4) is 0 Å². The molecule has 0 aromatic rings. The van der Waals surface area contributed by atoms with Gasteiger partial charge in [-0.1, -0.05) is 38.5 Å². The predicted molar refractivity (Wildman–Crippen MR) is 70.3 cm³/mol. The second kappa shape index (κ2) is 8.78. The molecule has 0 bridgehead atoms. The lowest BCUT2D eigenvalue weighted by Gasteiger charge is -2.14. The van der Waals surface area contributed by atoms with E-state index >= 15 is 0 Å². The summed E-state index contributed by atoms with van der Waals surface area (Å²) in [5.41, 5.74) is 0.947. The Morgan fingerprint density at radius 2 is 1.39 bits per heavy atom. The van der Waals surface area contributed by atoms with Gasteiger partial charge in [-0.15, -0.1) is 0 Å². The van der Waals surface area contributed by atoms with Crippen LogP contribution in [0.25, 0.3) is 0 Å². The molecule has 100 valence electrons. The SMILES string of the molecule is O=CC1=C(C=O)C(C=O)CCCCCCCCC1. The van der Waals surface area contributed by atoms with Gasteiger partial charge in [0.1, 0.15) is 18.9 Å². The van der Waals surface area contributed by atoms with Gasteiger partial charge in [0.05, 0.1) is 0 Å². The van der Waals surface area contributed by atoms with Crippen molar-refractivity contribution in [3.63, 3.8) is 0 Å². The Kier molecular flexibility index (Phi) is 7.23. The molecule has 3 nitrogen and oxygen atoms in total. The van der Waals surface area contributed by atoms with Crippen LogP contribution >= 0.6 is 0 Å². The topological polar surface area (TPSA) is 51.2 Å². The Bertz CT molecular complexity index is 318. The third-order valence-corrected chi connectivity index (χ3v) is 3.66. The summed E-state index contributed by atoms with van der Waals surface area (Å²) in [5.74, 6) is -0.387. The van der Waals surface area contributed by atoms with Crippen molar-refractivity contribution in [2.75, 3.05) is 0 Å². The Morgan fingerprint density at radius 1 is 0.778 bits per heavy atom. The highest BCUT2D eigenvalue weighted by Crippen LogP contribution is 2.23. The first-order valence-electron chi connectivity index (χ1n) is 6.92. The molecule has 0 fully saturated rings. The largest absolute Gasteiger partial charge is 0.303 e. The van der Waals surface area contributed by atoms with Gasteiger partial charge in [-0.25, -0.2) is 0 Å². The Labute approximate surface area is 109 Å². The molecule has 0 saturated heterocycles. The minimum Gasteiger partial charge on any atom is -0.303 e. The maximum atomic E-state index is 11.1. The van der Waals surface area contributed by atoms with Gasteiger partial charge in [-0.2, -0.15) is 0 Å². The Morgan fingerprint density at radius 3 is 1.94 bits per heavy atom. The highest BCUT2D eigenvalue weighted by atomic mass is 16.1. The normalized spacial score (nSPS) is 23.7. The van der Waals surface area contributed by atoms with Crippen LogP contribution in [0, 0.1) is 5.92 Å². The molecule has 1 aliphatic rings. The molecular weight excluding hydrogens is 228 g/mol. The molecule has 18 heavy (non-hydrogen) atoms. The molecule has 3 heteroatoms. The number of allylic oxidation sites excluding steroid dienone is 2. The molecule has 0 spiro atoms. The zero-order chi connectivity index (χ0) is 13.2. The fraction of sp³-hybridized carbons (Fsp3) is 0.667. The van der Waals surface area contributed by atoms with E-state index in [1.54, 1.807) is 0 Å². The molecule has 0 aromatic carbocycles. The summed E-state index contributed by atoms with van der Waals surface area (Å²) >= 11 is 0. The first-order chi connectivity index (χ1) is 8.83. The molecule has 0 saturated carbocycles. The van der Waals surface area contributed by atoms with Gasteiger partial charge in [0, 0.05) is 11.5 Å². The second-order valence-electron chi connectivity index (χ2n) is 4.97. The molecule has 0 heterocycles. The van der Waals surface area contributed by atoms with E-state index in [2.05, 4.69) is 0 Å². The molecule has 0 radical (unpaired) electrons. The van der Waals surface area contributed by atoms with E-state index < -0.39 is 0 Å². The van der Waals surface area contributed by atoms with E-state index in [4.69, 9.17) is 0 Å². The average molecular weight is 250 g/mol. The maximum absolute atomic E-state index is 11.1. The molecule has 0 N–H and O–H groups in total. The summed E-state index contributed by atoms with van der Waals surface area (Å²) in [4.78, 5) is 33.3. The zero-order valence-corrected chi connectivity index (χ0v) is 10.9. The number of hydrogen-bond acceptors (Lipinski definition) is 3. The monoisotopic (exact) mass is 250 g/mol. The molecule has 1 rings (SSSR count). The van der Waals surface area contributed by atoms with E-state index in [1.165, 1.54) is 19.3 Å². The van der Waals surface area contributed by atoms with Crippen LogP contribution in [0.15, 0.2) is 11.1 Å². The summed E-state index contributed by atoms with van der Waals surface area (Å²) in [6, 6.07) is 0. The van der Waals surface area contributed by atoms with Crippen molar-refractivity contribution < 1.29 is 14.4 Å². The number of rotatable bonds is 3. The van der Waals surface area contributed by atoms with Crippen molar-refractivity contribution in [2.24, 2.45) is 5.92 Å². The zero-order valence-electron chi connectivity index (χ0n) is 10.9. The summed E-state index contributed by atoms with van der Waals surface area (Å²) in [6.07, 6.45) is 11.3. The number of aldehydes is 3. The van der Waals surface area contributed by atoms with Crippen molar-refractivity contribution >= 4 is 18.9 Å². The van der Waals surface area contributed by atoms with Crippen LogP contribution in [-0.2, 0) is 14.4 Å². The van der Waals surface area contributed by atoms with Gasteiger partial charge in [0.25, 0.3) is 0 Å². The lowest BCUT2D eigenvalue weighted by Crippen LogP contribution is -2.11. The highest BCUT2D eigenvalue weighted by Gasteiger charge is 2.17. The van der Waals surface area contributed by atoms with Crippen LogP contribution < -0.4 is 0 Å². The second-order valence-corrected chi connectivity index (χ2v) is 4.97. The van der Waals surface area contributed by atoms with Crippen LogP contribution in [0.5, 0.6) is 0 Å². The molecule has 0 aromatic heterocycles. The van der Waals surface area contributed by atoms with Crippen LogP contribution in [0.1, 0.15) is 57.8 Å². The summed E-state index contributed by atoms with van der Waals surface area (Å²) in [5, 5.41) is 0. The van der Waals surface area contributed by atoms with Crippen LogP contribution in [-0.4, -0.2) is 18.9 Å². The standard InChI is InChI=1S/C15H22O3/c16-10-13-8-6-4-2-1-3-5-7-9-14(11-17)15(13)12-18/h10-13H,1-9H2. The third-order valence-electron chi connectivity index (χ3n) is 3.66. The lowest BCUT2D eigenvalue weighted by atomic mass is 9.89. The Balaban J connectivity index is 2.87. The average Bonchev–Trinajstić information content (AvgIpc) is 2.39. The third kappa shape index (κ3) is 4.55. The van der Waals surface area contributed by atoms with Gasteiger partial charge >= 0.3 is 0 Å². The number of carbonyl (C=O) groups excluding carboxylic acids is 3. The summed E-state index contributed by atoms with van der Waals surface area (Å²) < 4.78 is 0. The van der Waals surface area contributed by atoms with Crippen LogP contribution in [0.4, 0.5) is 0 Å². The summed E-state index contributed by atoms with van der Waals surface area (Å²) in [6.45, 7) is 0. The minimum atomic E-state index is -0.387. The van der Waals surface area contributed by atoms with Gasteiger partial charge in [0.15, 0.2) is 0 Å². The molecule has 1 unspecified atom stereocenters. The van der Waals surface area contributed by atoms with Crippen molar-refractivity contribution in [1.82, 2.24) is 0 Å². The van der Waals surface area contributed by atoms with Gasteiger partial charge in [0.2, 0.25) is 0 Å². The highest BCUT2D eigenvalue weighted by molar-refractivity contribution is 5.90. The van der Waals surface area contributed by atoms with Gasteiger partial charge < -0.3 is 4.79 Å². The first-order valence-corrected chi connectivity index (χ1v) is 6.92. The molecular formula is C15H22O3. The molecule has 1 atom stereocenters. The number of hydrogen-bond donors (Lipinski definition) is 0. The van der Waals surface area contributed by atoms with Crippen molar-refractivity contribution in [2.45, 2.75) is 57.8 Å². The smallest absolute Gasteiger partial charge is 0.147 e. The van der Waals surface area contributed by atoms with Crippen molar-refractivity contribution in [1.29, 1.82) is 0 Å². The van der Waals surface area contributed by atoms with E-state index in [1.807, 2.05) is 0 Å². The molecule has 0 aliphatic heterocycles. The maximum Gasteiger partial charge on any atom is 0.147 e. The summed E-state index contributed by atoms with van der Waals surface area (Å²) in [7, 11) is 0. The quantitative estimate of drug-likeness (QED) is 0.723. The van der Waals surface area contributed by atoms with E-state index in [0.29, 0.717) is 30.3 Å². The predicted octanol–water partition coefficient (Wildman–Crippen LogP) is 3.02. The minimum absolute atomic E-state index is 0.387. The molecule has 0 amide bonds. The van der Waals surface area contributed by atoms with E-state index in [0.717, 1.165) is 38.3 Å². The first kappa shape index (κ1) is 14.8. The fourth-order valence-corrected chi connectivity index (χ4v) is 2.53. The van der Waals surface area contributed by atoms with Gasteiger partial charge in [-0.05, 0) is 24.8 Å².